The Kier molecular flexibility index (Phi) is 7.04. The van der Waals surface area contributed by atoms with E-state index >= 15 is 0 Å². The first-order valence-electron chi connectivity index (χ1n) is 8.23. The van der Waals surface area contributed by atoms with Gasteiger partial charge in [0.15, 0.2) is 0 Å². The van der Waals surface area contributed by atoms with E-state index in [0.717, 1.165) is 37.6 Å². The van der Waals surface area contributed by atoms with Crippen molar-refractivity contribution in [1.29, 1.82) is 0 Å². The third-order valence-corrected chi connectivity index (χ3v) is 5.79. The molecule has 0 atom stereocenters. The van der Waals surface area contributed by atoms with Gasteiger partial charge in [-0.3, -0.25) is 0 Å². The van der Waals surface area contributed by atoms with Gasteiger partial charge in [-0.15, -0.1) is 0 Å². The molecule has 1 N–H and O–H groups in total. The lowest BCUT2D eigenvalue weighted by atomic mass is 10.1. The quantitative estimate of drug-likeness (QED) is 0.683. The zero-order chi connectivity index (χ0) is 17.6. The van der Waals surface area contributed by atoms with Gasteiger partial charge in [-0.05, 0) is 45.6 Å². The van der Waals surface area contributed by atoms with Gasteiger partial charge >= 0.3 is 0 Å². The van der Waals surface area contributed by atoms with Crippen molar-refractivity contribution >= 4 is 32.4 Å². The van der Waals surface area contributed by atoms with Gasteiger partial charge in [0.25, 0.3) is 0 Å². The number of hydrogen-bond donors (Lipinski definition) is 1. The molecule has 0 bridgehead atoms. The molecule has 0 unspecified atom stereocenters. The molecular formula is C18H25ClN2O2S. The number of nitrogens with one attached hydrogen (secondary N) is 1. The van der Waals surface area contributed by atoms with E-state index in [1.807, 2.05) is 6.07 Å². The first kappa shape index (κ1) is 19.2. The summed E-state index contributed by atoms with van der Waals surface area (Å²) in [4.78, 5) is 2.45. The van der Waals surface area contributed by atoms with E-state index in [1.54, 1.807) is 30.3 Å². The van der Waals surface area contributed by atoms with E-state index in [0.29, 0.717) is 17.0 Å². The molecule has 0 saturated carbocycles. The maximum Gasteiger partial charge on any atom is 0.241 e. The summed E-state index contributed by atoms with van der Waals surface area (Å²) < 4.78 is 27.9. The molecule has 0 aliphatic rings. The molecule has 0 fully saturated rings. The normalized spacial score (nSPS) is 12.2. The van der Waals surface area contributed by atoms with Crippen LogP contribution >= 0.6 is 11.6 Å². The molecule has 0 radical (unpaired) electrons. The van der Waals surface area contributed by atoms with Crippen LogP contribution in [0.3, 0.4) is 0 Å². The average molecular weight is 369 g/mol. The summed E-state index contributed by atoms with van der Waals surface area (Å²) in [5.41, 5.74) is 0. The summed E-state index contributed by atoms with van der Waals surface area (Å²) in [6.45, 7) is 1.53. The number of rotatable bonds is 9. The van der Waals surface area contributed by atoms with Crippen LogP contribution < -0.4 is 4.72 Å². The minimum atomic E-state index is -3.53. The van der Waals surface area contributed by atoms with Crippen LogP contribution in [0.1, 0.15) is 25.7 Å². The maximum absolute atomic E-state index is 12.6. The molecule has 0 spiro atoms. The Morgan fingerprint density at radius 1 is 0.958 bits per heavy atom. The van der Waals surface area contributed by atoms with Crippen LogP contribution in [0.15, 0.2) is 41.3 Å². The molecule has 0 aliphatic heterocycles. The molecule has 2 aromatic rings. The van der Waals surface area contributed by atoms with Gasteiger partial charge in [-0.25, -0.2) is 13.1 Å². The SMILES string of the molecule is CN(C)CCCCCCNS(=O)(=O)c1cccc2c(Cl)cccc12. The number of unbranched alkanes of at least 4 members (excludes halogenated alkanes) is 3. The van der Waals surface area contributed by atoms with E-state index in [9.17, 15) is 8.42 Å². The van der Waals surface area contributed by atoms with Crippen molar-refractivity contribution in [3.05, 3.63) is 41.4 Å². The molecular weight excluding hydrogens is 344 g/mol. The molecule has 0 saturated heterocycles. The van der Waals surface area contributed by atoms with Gasteiger partial charge in [0.05, 0.1) is 4.90 Å². The van der Waals surface area contributed by atoms with Crippen molar-refractivity contribution in [2.75, 3.05) is 27.2 Å². The van der Waals surface area contributed by atoms with Gasteiger partial charge in [0, 0.05) is 22.3 Å². The Hall–Kier alpha value is -1.14. The molecule has 0 aliphatic carbocycles. The van der Waals surface area contributed by atoms with E-state index < -0.39 is 10.0 Å². The number of sulfonamides is 1. The highest BCUT2D eigenvalue weighted by atomic mass is 35.5. The van der Waals surface area contributed by atoms with Gasteiger partial charge < -0.3 is 4.90 Å². The lowest BCUT2D eigenvalue weighted by Gasteiger charge is -2.11. The molecule has 0 aromatic heterocycles. The largest absolute Gasteiger partial charge is 0.309 e. The van der Waals surface area contributed by atoms with Crippen LogP contribution in [0.5, 0.6) is 0 Å². The molecule has 6 heteroatoms. The molecule has 2 rings (SSSR count). The van der Waals surface area contributed by atoms with Gasteiger partial charge in [0.2, 0.25) is 10.0 Å². The fraction of sp³-hybridized carbons (Fsp3) is 0.444. The molecule has 24 heavy (non-hydrogen) atoms. The zero-order valence-corrected chi connectivity index (χ0v) is 15.8. The molecule has 0 heterocycles. The monoisotopic (exact) mass is 368 g/mol. The number of nitrogens with zero attached hydrogens (tertiary/aromatic N) is 1. The summed E-state index contributed by atoms with van der Waals surface area (Å²) >= 11 is 6.16. The van der Waals surface area contributed by atoms with Crippen molar-refractivity contribution in [1.82, 2.24) is 9.62 Å². The predicted octanol–water partition coefficient (Wildman–Crippen LogP) is 3.89. The Morgan fingerprint density at radius 3 is 2.38 bits per heavy atom. The Labute approximate surface area is 149 Å². The minimum Gasteiger partial charge on any atom is -0.309 e. The number of hydrogen-bond acceptors (Lipinski definition) is 3. The summed E-state index contributed by atoms with van der Waals surface area (Å²) in [6, 6.07) is 10.5. The standard InChI is InChI=1S/C18H25ClN2O2S/c1-21(2)14-6-4-3-5-13-20-24(22,23)18-12-8-9-15-16(18)10-7-11-17(15)19/h7-12,20H,3-6,13-14H2,1-2H3. The first-order chi connectivity index (χ1) is 11.4. The van der Waals surface area contributed by atoms with Gasteiger partial charge in [0.1, 0.15) is 0 Å². The molecule has 4 nitrogen and oxygen atoms in total. The Bertz CT molecular complexity index is 776. The predicted molar refractivity (Wildman–Crippen MR) is 101 cm³/mol. The molecule has 0 amide bonds. The minimum absolute atomic E-state index is 0.287. The first-order valence-corrected chi connectivity index (χ1v) is 10.1. The summed E-state index contributed by atoms with van der Waals surface area (Å²) in [6.07, 6.45) is 4.13. The lowest BCUT2D eigenvalue weighted by molar-refractivity contribution is 0.390. The zero-order valence-electron chi connectivity index (χ0n) is 14.3. The highest BCUT2D eigenvalue weighted by Gasteiger charge is 2.17. The van der Waals surface area contributed by atoms with Crippen LogP contribution in [0.4, 0.5) is 0 Å². The van der Waals surface area contributed by atoms with E-state index in [2.05, 4.69) is 23.7 Å². The highest BCUT2D eigenvalue weighted by Crippen LogP contribution is 2.28. The second kappa shape index (κ2) is 8.81. The average Bonchev–Trinajstić information content (AvgIpc) is 2.53. The van der Waals surface area contributed by atoms with E-state index in [-0.39, 0.29) is 4.90 Å². The number of halogens is 1. The topological polar surface area (TPSA) is 49.4 Å². The van der Waals surface area contributed by atoms with Gasteiger partial charge in [-0.2, -0.15) is 0 Å². The van der Waals surface area contributed by atoms with Crippen LogP contribution in [0.2, 0.25) is 5.02 Å². The highest BCUT2D eigenvalue weighted by molar-refractivity contribution is 7.89. The summed E-state index contributed by atoms with van der Waals surface area (Å²) in [5.74, 6) is 0. The fourth-order valence-corrected chi connectivity index (χ4v) is 4.20. The van der Waals surface area contributed by atoms with Crippen LogP contribution in [-0.4, -0.2) is 40.5 Å². The van der Waals surface area contributed by atoms with Crippen molar-refractivity contribution in [2.24, 2.45) is 0 Å². The van der Waals surface area contributed by atoms with Gasteiger partial charge in [-0.1, -0.05) is 48.7 Å². The number of benzene rings is 2. The fourth-order valence-electron chi connectivity index (χ4n) is 2.67. The van der Waals surface area contributed by atoms with E-state index in [1.165, 1.54) is 0 Å². The van der Waals surface area contributed by atoms with Crippen LogP contribution in [0.25, 0.3) is 10.8 Å². The van der Waals surface area contributed by atoms with E-state index in [4.69, 9.17) is 11.6 Å². The smallest absolute Gasteiger partial charge is 0.241 e. The third kappa shape index (κ3) is 5.18. The summed E-state index contributed by atoms with van der Waals surface area (Å²) in [5, 5.41) is 1.97. The maximum atomic E-state index is 12.6. The molecule has 2 aromatic carbocycles. The second-order valence-corrected chi connectivity index (χ2v) is 8.35. The molecule has 132 valence electrons. The Balaban J connectivity index is 1.95. The van der Waals surface area contributed by atoms with Crippen molar-refractivity contribution in [2.45, 2.75) is 30.6 Å². The number of fused-ring (bicyclic) bond motifs is 1. The second-order valence-electron chi connectivity index (χ2n) is 6.21. The van der Waals surface area contributed by atoms with Crippen molar-refractivity contribution in [3.8, 4) is 0 Å². The summed E-state index contributed by atoms with van der Waals surface area (Å²) in [7, 11) is 0.593. The van der Waals surface area contributed by atoms with Crippen molar-refractivity contribution < 1.29 is 8.42 Å². The van der Waals surface area contributed by atoms with Crippen LogP contribution in [0, 0.1) is 0 Å². The van der Waals surface area contributed by atoms with Crippen molar-refractivity contribution in [3.63, 3.8) is 0 Å². The lowest BCUT2D eigenvalue weighted by Crippen LogP contribution is -2.25. The van der Waals surface area contributed by atoms with Crippen LogP contribution in [-0.2, 0) is 10.0 Å². The third-order valence-electron chi connectivity index (χ3n) is 3.94. The Morgan fingerprint density at radius 2 is 1.62 bits per heavy atom.